The van der Waals surface area contributed by atoms with E-state index in [1.54, 1.807) is 37.4 Å². The maximum atomic E-state index is 12.7. The van der Waals surface area contributed by atoms with Gasteiger partial charge in [-0.2, -0.15) is 0 Å². The first-order valence-electron chi connectivity index (χ1n) is 7.53. The molecule has 1 aliphatic rings. The van der Waals surface area contributed by atoms with Gasteiger partial charge >= 0.3 is 0 Å². The van der Waals surface area contributed by atoms with Gasteiger partial charge in [0.1, 0.15) is 6.29 Å². The summed E-state index contributed by atoms with van der Waals surface area (Å²) in [4.78, 5) is 11.6. The van der Waals surface area contributed by atoms with Crippen molar-refractivity contribution in [3.05, 3.63) is 66.2 Å². The molecule has 0 saturated heterocycles. The summed E-state index contributed by atoms with van der Waals surface area (Å²) in [6.07, 6.45) is 1.63. The molecule has 0 N–H and O–H groups in total. The molecular formula is C18H19NO3S. The Kier molecular flexibility index (Phi) is 4.08. The molecule has 5 heteroatoms. The summed E-state index contributed by atoms with van der Waals surface area (Å²) in [5, 5.41) is 0. The van der Waals surface area contributed by atoms with Crippen molar-refractivity contribution in [2.75, 3.05) is 13.6 Å². The Hall–Kier alpha value is -1.98. The van der Waals surface area contributed by atoms with Crippen LogP contribution < -0.4 is 0 Å². The molecule has 1 saturated carbocycles. The smallest absolute Gasteiger partial charge is 0.242 e. The standard InChI is InChI=1S/C18H19NO3S/c1-19(23(21,22)17-10-6-3-7-11-17)14-18(12-16(18)13-20)15-8-4-2-5-9-15/h2-11,13,16H,12,14H2,1H3/t16-,18+/m0/s1. The predicted molar refractivity (Wildman–Crippen MR) is 88.5 cm³/mol. The van der Waals surface area contributed by atoms with Crippen molar-refractivity contribution < 1.29 is 13.2 Å². The number of sulfonamides is 1. The molecule has 1 aliphatic carbocycles. The van der Waals surface area contributed by atoms with E-state index in [0.29, 0.717) is 13.0 Å². The third-order valence-corrected chi connectivity index (χ3v) is 6.42. The molecule has 0 heterocycles. The molecule has 0 radical (unpaired) electrons. The number of likely N-dealkylation sites (N-methyl/N-ethyl adjacent to an activating group) is 1. The molecule has 23 heavy (non-hydrogen) atoms. The first-order valence-corrected chi connectivity index (χ1v) is 8.97. The monoisotopic (exact) mass is 329 g/mol. The van der Waals surface area contributed by atoms with Gasteiger partial charge in [0, 0.05) is 24.9 Å². The van der Waals surface area contributed by atoms with Gasteiger partial charge in [-0.25, -0.2) is 12.7 Å². The largest absolute Gasteiger partial charge is 0.303 e. The Morgan fingerprint density at radius 3 is 2.17 bits per heavy atom. The number of hydrogen-bond acceptors (Lipinski definition) is 3. The van der Waals surface area contributed by atoms with Crippen LogP contribution in [0.4, 0.5) is 0 Å². The van der Waals surface area contributed by atoms with Crippen molar-refractivity contribution >= 4 is 16.3 Å². The third kappa shape index (κ3) is 2.82. The summed E-state index contributed by atoms with van der Waals surface area (Å²) in [7, 11) is -1.98. The van der Waals surface area contributed by atoms with Crippen molar-refractivity contribution in [3.8, 4) is 0 Å². The van der Waals surface area contributed by atoms with Crippen LogP contribution in [0.3, 0.4) is 0 Å². The highest BCUT2D eigenvalue weighted by Crippen LogP contribution is 2.53. The lowest BCUT2D eigenvalue weighted by Crippen LogP contribution is -2.35. The van der Waals surface area contributed by atoms with Gasteiger partial charge in [0.05, 0.1) is 4.90 Å². The minimum atomic E-state index is -3.55. The summed E-state index contributed by atoms with van der Waals surface area (Å²) in [6, 6.07) is 18.1. The molecule has 0 unspecified atom stereocenters. The lowest BCUT2D eigenvalue weighted by atomic mass is 9.93. The van der Waals surface area contributed by atoms with Crippen LogP contribution in [0, 0.1) is 5.92 Å². The fourth-order valence-corrected chi connectivity index (χ4v) is 4.40. The lowest BCUT2D eigenvalue weighted by Gasteiger charge is -2.24. The molecule has 2 aromatic rings. The van der Waals surface area contributed by atoms with E-state index in [2.05, 4.69) is 0 Å². The topological polar surface area (TPSA) is 54.5 Å². The second kappa shape index (κ2) is 5.91. The van der Waals surface area contributed by atoms with Crippen molar-refractivity contribution in [1.29, 1.82) is 0 Å². The SMILES string of the molecule is CN(C[C@@]1(c2ccccc2)C[C@H]1C=O)S(=O)(=O)c1ccccc1. The van der Waals surface area contributed by atoms with Crippen LogP contribution in [0.15, 0.2) is 65.6 Å². The van der Waals surface area contributed by atoms with Crippen molar-refractivity contribution in [1.82, 2.24) is 4.31 Å². The molecule has 0 aliphatic heterocycles. The zero-order valence-electron chi connectivity index (χ0n) is 12.9. The first kappa shape index (κ1) is 15.9. The van der Waals surface area contributed by atoms with Gasteiger partial charge in [-0.15, -0.1) is 0 Å². The van der Waals surface area contributed by atoms with Crippen LogP contribution in [0.1, 0.15) is 12.0 Å². The summed E-state index contributed by atoms with van der Waals surface area (Å²) in [5.41, 5.74) is 0.617. The Bertz CT molecular complexity index is 790. The van der Waals surface area contributed by atoms with E-state index < -0.39 is 15.4 Å². The van der Waals surface area contributed by atoms with E-state index in [1.165, 1.54) is 4.31 Å². The Balaban J connectivity index is 1.89. The zero-order chi connectivity index (χ0) is 16.5. The van der Waals surface area contributed by atoms with E-state index >= 15 is 0 Å². The molecule has 0 spiro atoms. The minimum absolute atomic E-state index is 0.127. The summed E-state index contributed by atoms with van der Waals surface area (Å²) >= 11 is 0. The van der Waals surface area contributed by atoms with Gasteiger partial charge in [0.15, 0.2) is 0 Å². The highest BCUT2D eigenvalue weighted by atomic mass is 32.2. The number of benzene rings is 2. The molecule has 1 fully saturated rings. The lowest BCUT2D eigenvalue weighted by molar-refractivity contribution is -0.109. The van der Waals surface area contributed by atoms with Crippen LogP contribution in [0.5, 0.6) is 0 Å². The quantitative estimate of drug-likeness (QED) is 0.765. The predicted octanol–water partition coefficient (Wildman–Crippen LogP) is 2.46. The fraction of sp³-hybridized carbons (Fsp3) is 0.278. The van der Waals surface area contributed by atoms with Gasteiger partial charge in [-0.05, 0) is 24.1 Å². The Morgan fingerprint density at radius 1 is 1.09 bits per heavy atom. The van der Waals surface area contributed by atoms with Gasteiger partial charge < -0.3 is 4.79 Å². The van der Waals surface area contributed by atoms with Gasteiger partial charge in [-0.1, -0.05) is 48.5 Å². The minimum Gasteiger partial charge on any atom is -0.303 e. The first-order chi connectivity index (χ1) is 11.0. The number of rotatable bonds is 6. The molecule has 4 nitrogen and oxygen atoms in total. The van der Waals surface area contributed by atoms with Gasteiger partial charge in [0.2, 0.25) is 10.0 Å². The molecule has 2 atom stereocenters. The molecule has 0 amide bonds. The van der Waals surface area contributed by atoms with Crippen molar-refractivity contribution in [2.24, 2.45) is 5.92 Å². The zero-order valence-corrected chi connectivity index (χ0v) is 13.7. The summed E-state index contributed by atoms with van der Waals surface area (Å²) in [6.45, 7) is 0.303. The van der Waals surface area contributed by atoms with Crippen LogP contribution in [0.25, 0.3) is 0 Å². The number of nitrogens with zero attached hydrogens (tertiary/aromatic N) is 1. The van der Waals surface area contributed by atoms with Crippen molar-refractivity contribution in [3.63, 3.8) is 0 Å². The van der Waals surface area contributed by atoms with Crippen LogP contribution in [-0.2, 0) is 20.2 Å². The van der Waals surface area contributed by atoms with E-state index in [-0.39, 0.29) is 10.8 Å². The maximum absolute atomic E-state index is 12.7. The number of carbonyl (C=O) groups is 1. The van der Waals surface area contributed by atoms with E-state index in [1.807, 2.05) is 30.3 Å². The number of carbonyl (C=O) groups excluding carboxylic acids is 1. The van der Waals surface area contributed by atoms with Crippen LogP contribution in [-0.4, -0.2) is 32.6 Å². The van der Waals surface area contributed by atoms with Crippen LogP contribution in [0.2, 0.25) is 0 Å². The average molecular weight is 329 g/mol. The van der Waals surface area contributed by atoms with Crippen LogP contribution >= 0.6 is 0 Å². The molecule has 3 rings (SSSR count). The Labute approximate surface area is 136 Å². The molecule has 0 aromatic heterocycles. The van der Waals surface area contributed by atoms with E-state index in [4.69, 9.17) is 0 Å². The summed E-state index contributed by atoms with van der Waals surface area (Å²) < 4.78 is 26.8. The van der Waals surface area contributed by atoms with E-state index in [0.717, 1.165) is 11.8 Å². The number of hydrogen-bond donors (Lipinski definition) is 0. The third-order valence-electron chi connectivity index (χ3n) is 4.60. The van der Waals surface area contributed by atoms with E-state index in [9.17, 15) is 13.2 Å². The second-order valence-electron chi connectivity index (χ2n) is 6.04. The van der Waals surface area contributed by atoms with Gasteiger partial charge in [-0.3, -0.25) is 0 Å². The number of aldehydes is 1. The molecule has 120 valence electrons. The maximum Gasteiger partial charge on any atom is 0.242 e. The second-order valence-corrected chi connectivity index (χ2v) is 8.09. The average Bonchev–Trinajstić information content (AvgIpc) is 3.31. The fourth-order valence-electron chi connectivity index (χ4n) is 3.14. The molecule has 0 bridgehead atoms. The normalized spacial score (nSPS) is 23.7. The van der Waals surface area contributed by atoms with Crippen molar-refractivity contribution in [2.45, 2.75) is 16.7 Å². The molecule has 2 aromatic carbocycles. The highest BCUT2D eigenvalue weighted by molar-refractivity contribution is 7.89. The molecular weight excluding hydrogens is 310 g/mol. The highest BCUT2D eigenvalue weighted by Gasteiger charge is 2.56. The van der Waals surface area contributed by atoms with Gasteiger partial charge in [0.25, 0.3) is 0 Å². The Morgan fingerprint density at radius 2 is 1.65 bits per heavy atom. The summed E-state index contributed by atoms with van der Waals surface area (Å²) in [5.74, 6) is -0.127.